The number of nitrogens with zero attached hydrogens (tertiary/aromatic N) is 4. The van der Waals surface area contributed by atoms with Crippen molar-refractivity contribution in [3.05, 3.63) is 70.7 Å². The van der Waals surface area contributed by atoms with Crippen LogP contribution in [0.2, 0.25) is 0 Å². The molecule has 5 rings (SSSR count). The molecule has 0 unspecified atom stereocenters. The summed E-state index contributed by atoms with van der Waals surface area (Å²) >= 11 is 0. The molecule has 2 heterocycles. The van der Waals surface area contributed by atoms with Crippen LogP contribution >= 0.6 is 0 Å². The van der Waals surface area contributed by atoms with Gasteiger partial charge in [0.25, 0.3) is 0 Å². The molecule has 2 N–H and O–H groups in total. The predicted octanol–water partition coefficient (Wildman–Crippen LogP) is 4.51. The molecule has 3 aromatic rings. The molecule has 0 bridgehead atoms. The topological polar surface area (TPSA) is 84.6 Å². The van der Waals surface area contributed by atoms with Crippen molar-refractivity contribution in [1.29, 1.82) is 0 Å². The fraction of sp³-hybridized carbons (Fsp3) is 0.433. The zero-order chi connectivity index (χ0) is 26.6. The Morgan fingerprint density at radius 1 is 1.11 bits per heavy atom. The summed E-state index contributed by atoms with van der Waals surface area (Å²) in [6.07, 6.45) is 4.02. The van der Waals surface area contributed by atoms with Crippen LogP contribution in [0.15, 0.2) is 42.5 Å². The number of anilines is 1. The first-order valence-electron chi connectivity index (χ1n) is 13.0. The van der Waals surface area contributed by atoms with E-state index in [1.807, 2.05) is 24.3 Å². The number of benzene rings is 2. The zero-order valence-corrected chi connectivity index (χ0v) is 22.8. The van der Waals surface area contributed by atoms with Crippen molar-refractivity contribution >= 4 is 12.1 Å². The van der Waals surface area contributed by atoms with Gasteiger partial charge in [-0.25, -0.2) is 9.97 Å². The highest BCUT2D eigenvalue weighted by molar-refractivity contribution is 5.79. The minimum Gasteiger partial charge on any atom is -0.491 e. The number of carbonyl (C=O) groups excluding carboxylic acids is 1. The first kappa shape index (κ1) is 26.8. The van der Waals surface area contributed by atoms with Crippen molar-refractivity contribution in [1.82, 2.24) is 14.9 Å². The molecule has 7 heteroatoms. The standard InChI is InChI=1S/C29H34N4O2.CH5N/c1-29(2)11-10-25-24(16-29)28(31-27(30-25)18-32(3)4)33-12-13-35-26-9-8-22(15-23(26)17-33)21-7-5-6-20(14-21)19-34;1-2/h5-9,14-15,19H,10-13,16-18H2,1-4H3;2H2,1H3. The van der Waals surface area contributed by atoms with E-state index in [1.165, 1.54) is 18.3 Å². The third-order valence-electron chi connectivity index (χ3n) is 6.96. The molecule has 0 atom stereocenters. The Morgan fingerprint density at radius 3 is 2.65 bits per heavy atom. The van der Waals surface area contributed by atoms with Gasteiger partial charge in [-0.2, -0.15) is 0 Å². The summed E-state index contributed by atoms with van der Waals surface area (Å²) in [5.74, 6) is 2.86. The average molecular weight is 502 g/mol. The lowest BCUT2D eigenvalue weighted by Gasteiger charge is -2.34. The molecule has 7 nitrogen and oxygen atoms in total. The van der Waals surface area contributed by atoms with Crippen LogP contribution in [0.1, 0.15) is 53.3 Å². The summed E-state index contributed by atoms with van der Waals surface area (Å²) in [4.78, 5) is 25.9. The number of carbonyl (C=O) groups is 1. The number of hydrogen-bond donors (Lipinski definition) is 1. The van der Waals surface area contributed by atoms with Crippen LogP contribution in [0.5, 0.6) is 5.75 Å². The summed E-state index contributed by atoms with van der Waals surface area (Å²) in [6, 6.07) is 14.0. The van der Waals surface area contributed by atoms with Crippen LogP contribution in [0.3, 0.4) is 0 Å². The van der Waals surface area contributed by atoms with E-state index in [0.717, 1.165) is 79.3 Å². The second kappa shape index (κ2) is 11.4. The number of nitrogens with two attached hydrogens (primary N) is 1. The first-order valence-corrected chi connectivity index (χ1v) is 13.0. The van der Waals surface area contributed by atoms with Crippen molar-refractivity contribution in [3.8, 4) is 16.9 Å². The van der Waals surface area contributed by atoms with Gasteiger partial charge in [0.15, 0.2) is 0 Å². The highest BCUT2D eigenvalue weighted by Gasteiger charge is 2.31. The molecule has 2 aromatic carbocycles. The van der Waals surface area contributed by atoms with Gasteiger partial charge in [-0.3, -0.25) is 4.79 Å². The largest absolute Gasteiger partial charge is 0.491 e. The van der Waals surface area contributed by atoms with E-state index in [0.29, 0.717) is 12.2 Å². The van der Waals surface area contributed by atoms with Crippen LogP contribution in [-0.4, -0.2) is 55.4 Å². The fourth-order valence-electron chi connectivity index (χ4n) is 5.14. The molecule has 2 aliphatic rings. The highest BCUT2D eigenvalue weighted by Crippen LogP contribution is 2.39. The van der Waals surface area contributed by atoms with E-state index < -0.39 is 0 Å². The maximum Gasteiger partial charge on any atom is 0.150 e. The van der Waals surface area contributed by atoms with Gasteiger partial charge in [-0.15, -0.1) is 0 Å². The Balaban J connectivity index is 0.00000156. The lowest BCUT2D eigenvalue weighted by Crippen LogP contribution is -2.32. The van der Waals surface area contributed by atoms with Gasteiger partial charge >= 0.3 is 0 Å². The monoisotopic (exact) mass is 501 g/mol. The first-order chi connectivity index (χ1) is 17.8. The second-order valence-electron chi connectivity index (χ2n) is 10.8. The van der Waals surface area contributed by atoms with Crippen molar-refractivity contribution in [3.63, 3.8) is 0 Å². The Hall–Kier alpha value is -3.29. The Labute approximate surface area is 220 Å². The highest BCUT2D eigenvalue weighted by atomic mass is 16.5. The SMILES string of the molecule is CN.CN(C)Cc1nc2c(c(N3CCOc4ccc(-c5cccc(C=O)c5)cc4C3)n1)CC(C)(C)CC2. The van der Waals surface area contributed by atoms with Crippen LogP contribution in [-0.2, 0) is 25.9 Å². The molecular formula is C30H39N5O2. The number of ether oxygens (including phenoxy) is 1. The van der Waals surface area contributed by atoms with Crippen LogP contribution in [0.4, 0.5) is 5.82 Å². The third-order valence-corrected chi connectivity index (χ3v) is 6.96. The fourth-order valence-corrected chi connectivity index (χ4v) is 5.14. The summed E-state index contributed by atoms with van der Waals surface area (Å²) in [5, 5.41) is 0. The van der Waals surface area contributed by atoms with Crippen molar-refractivity contribution in [2.45, 2.75) is 46.2 Å². The Bertz CT molecular complexity index is 1250. The van der Waals surface area contributed by atoms with E-state index in [9.17, 15) is 4.79 Å². The van der Waals surface area contributed by atoms with E-state index in [-0.39, 0.29) is 5.41 Å². The molecule has 37 heavy (non-hydrogen) atoms. The maximum atomic E-state index is 11.3. The van der Waals surface area contributed by atoms with E-state index >= 15 is 0 Å². The molecule has 0 radical (unpaired) electrons. The predicted molar refractivity (Wildman–Crippen MR) is 149 cm³/mol. The number of aldehydes is 1. The minimum atomic E-state index is 0.241. The summed E-state index contributed by atoms with van der Waals surface area (Å²) in [5.41, 5.74) is 11.2. The Kier molecular flexibility index (Phi) is 8.25. The molecule has 1 aliphatic carbocycles. The molecule has 0 amide bonds. The maximum absolute atomic E-state index is 11.3. The van der Waals surface area contributed by atoms with Crippen LogP contribution in [0, 0.1) is 5.41 Å². The molecule has 196 valence electrons. The lowest BCUT2D eigenvalue weighted by atomic mass is 9.76. The van der Waals surface area contributed by atoms with Crippen molar-refractivity contribution < 1.29 is 9.53 Å². The number of rotatable bonds is 5. The summed E-state index contributed by atoms with van der Waals surface area (Å²) < 4.78 is 6.17. The summed E-state index contributed by atoms with van der Waals surface area (Å²) in [6.45, 7) is 7.51. The van der Waals surface area contributed by atoms with Gasteiger partial charge < -0.3 is 20.3 Å². The van der Waals surface area contributed by atoms with Crippen molar-refractivity contribution in [2.24, 2.45) is 11.1 Å². The van der Waals surface area contributed by atoms with E-state index in [4.69, 9.17) is 14.7 Å². The van der Waals surface area contributed by atoms with Gasteiger partial charge in [0.1, 0.15) is 30.3 Å². The molecule has 0 fully saturated rings. The van der Waals surface area contributed by atoms with E-state index in [2.05, 4.69) is 61.7 Å². The zero-order valence-electron chi connectivity index (χ0n) is 22.8. The van der Waals surface area contributed by atoms with Crippen molar-refractivity contribution in [2.75, 3.05) is 39.2 Å². The van der Waals surface area contributed by atoms with Gasteiger partial charge in [0.2, 0.25) is 0 Å². The second-order valence-corrected chi connectivity index (χ2v) is 10.8. The normalized spacial score (nSPS) is 16.0. The molecule has 0 saturated heterocycles. The third kappa shape index (κ3) is 6.17. The van der Waals surface area contributed by atoms with Gasteiger partial charge in [-0.05, 0) is 75.1 Å². The van der Waals surface area contributed by atoms with Gasteiger partial charge in [-0.1, -0.05) is 38.1 Å². The molecule has 1 aliphatic heterocycles. The van der Waals surface area contributed by atoms with Gasteiger partial charge in [0.05, 0.1) is 13.1 Å². The number of fused-ring (bicyclic) bond motifs is 2. The van der Waals surface area contributed by atoms with Crippen LogP contribution < -0.4 is 15.4 Å². The molecule has 0 spiro atoms. The number of hydrogen-bond acceptors (Lipinski definition) is 7. The summed E-state index contributed by atoms with van der Waals surface area (Å²) in [7, 11) is 5.62. The molecule has 1 aromatic heterocycles. The van der Waals surface area contributed by atoms with Crippen LogP contribution in [0.25, 0.3) is 11.1 Å². The van der Waals surface area contributed by atoms with E-state index in [1.54, 1.807) is 0 Å². The minimum absolute atomic E-state index is 0.241. The molecular weight excluding hydrogens is 462 g/mol. The Morgan fingerprint density at radius 2 is 1.89 bits per heavy atom. The molecule has 0 saturated carbocycles. The number of aromatic nitrogens is 2. The number of aryl methyl sites for hydroxylation is 1. The quantitative estimate of drug-likeness (QED) is 0.515. The lowest BCUT2D eigenvalue weighted by molar-refractivity contribution is 0.112. The van der Waals surface area contributed by atoms with Gasteiger partial charge in [0, 0.05) is 28.9 Å². The smallest absolute Gasteiger partial charge is 0.150 e. The average Bonchev–Trinajstić information content (AvgIpc) is 3.11.